The maximum Gasteiger partial charge on any atom is 0.343 e. The normalized spacial score (nSPS) is 10.4. The summed E-state index contributed by atoms with van der Waals surface area (Å²) in [4.78, 5) is 24.3. The summed E-state index contributed by atoms with van der Waals surface area (Å²) in [7, 11) is 1.28. The van der Waals surface area contributed by atoms with Crippen molar-refractivity contribution in [1.82, 2.24) is 4.57 Å². The fourth-order valence-corrected chi connectivity index (χ4v) is 2.50. The number of hydrogen-bond acceptors (Lipinski definition) is 3. The van der Waals surface area contributed by atoms with Gasteiger partial charge in [0.15, 0.2) is 0 Å². The Bertz CT molecular complexity index is 702. The molecule has 0 atom stereocenters. The van der Waals surface area contributed by atoms with Crippen LogP contribution >= 0.6 is 0 Å². The molecule has 0 aliphatic heterocycles. The number of hydrogen-bond donors (Lipinski definition) is 0. The van der Waals surface area contributed by atoms with Crippen LogP contribution in [0.4, 0.5) is 0 Å². The number of carbonyl (C=O) groups is 1. The molecule has 0 radical (unpaired) electrons. The lowest BCUT2D eigenvalue weighted by molar-refractivity contribution is 0.0597. The van der Waals surface area contributed by atoms with Crippen LogP contribution in [0.2, 0.25) is 0 Å². The van der Waals surface area contributed by atoms with E-state index >= 15 is 0 Å². The minimum atomic E-state index is -0.590. The summed E-state index contributed by atoms with van der Waals surface area (Å²) in [6, 6.07) is 11.3. The number of nitrogens with zero attached hydrogens (tertiary/aromatic N) is 1. The van der Waals surface area contributed by atoms with Gasteiger partial charge in [-0.1, -0.05) is 37.3 Å². The highest BCUT2D eigenvalue weighted by molar-refractivity contribution is 5.89. The van der Waals surface area contributed by atoms with Crippen LogP contribution in [-0.2, 0) is 17.7 Å². The average molecular weight is 285 g/mol. The summed E-state index contributed by atoms with van der Waals surface area (Å²) < 4.78 is 6.36. The van der Waals surface area contributed by atoms with Crippen molar-refractivity contribution in [3.05, 3.63) is 69.1 Å². The molecule has 0 bridgehead atoms. The number of rotatable bonds is 4. The molecular formula is C17H19NO3. The average Bonchev–Trinajstić information content (AvgIpc) is 2.51. The number of pyridine rings is 1. The first-order valence-electron chi connectivity index (χ1n) is 6.94. The lowest BCUT2D eigenvalue weighted by Gasteiger charge is -2.16. The quantitative estimate of drug-likeness (QED) is 0.811. The molecule has 0 fully saturated rings. The van der Waals surface area contributed by atoms with E-state index < -0.39 is 5.97 Å². The molecule has 0 amide bonds. The van der Waals surface area contributed by atoms with Crippen LogP contribution in [0.1, 0.15) is 34.1 Å². The number of aryl methyl sites for hydroxylation is 1. The molecule has 4 heteroatoms. The van der Waals surface area contributed by atoms with Crippen molar-refractivity contribution in [2.45, 2.75) is 26.8 Å². The second-order valence-corrected chi connectivity index (χ2v) is 4.91. The van der Waals surface area contributed by atoms with Crippen LogP contribution in [0.5, 0.6) is 0 Å². The molecule has 0 aliphatic rings. The zero-order chi connectivity index (χ0) is 15.4. The number of benzene rings is 1. The van der Waals surface area contributed by atoms with Gasteiger partial charge in [-0.2, -0.15) is 0 Å². The monoisotopic (exact) mass is 285 g/mol. The Morgan fingerprint density at radius 2 is 1.90 bits per heavy atom. The standard InChI is InChI=1S/C17H19NO3/c1-4-15-12(2)10-14(17(20)21-3)16(19)18(15)11-13-8-6-5-7-9-13/h5-10H,4,11H2,1-3H3. The number of aromatic nitrogens is 1. The van der Waals surface area contributed by atoms with Gasteiger partial charge in [-0.05, 0) is 30.5 Å². The number of ether oxygens (including phenoxy) is 1. The Balaban J connectivity index is 2.59. The van der Waals surface area contributed by atoms with E-state index in [-0.39, 0.29) is 11.1 Å². The summed E-state index contributed by atoms with van der Waals surface area (Å²) in [5, 5.41) is 0. The number of esters is 1. The first-order valence-corrected chi connectivity index (χ1v) is 6.94. The summed E-state index contributed by atoms with van der Waals surface area (Å²) in [6.45, 7) is 4.36. The molecule has 0 unspecified atom stereocenters. The summed E-state index contributed by atoms with van der Waals surface area (Å²) in [5.41, 5.74) is 2.68. The summed E-state index contributed by atoms with van der Waals surface area (Å²) in [6.07, 6.45) is 0.732. The van der Waals surface area contributed by atoms with Gasteiger partial charge in [0.2, 0.25) is 0 Å². The predicted molar refractivity (Wildman–Crippen MR) is 81.7 cm³/mol. The first kappa shape index (κ1) is 15.0. The van der Waals surface area contributed by atoms with Crippen molar-refractivity contribution in [2.75, 3.05) is 7.11 Å². The van der Waals surface area contributed by atoms with Gasteiger partial charge in [0, 0.05) is 5.69 Å². The molecule has 0 saturated carbocycles. The Kier molecular flexibility index (Phi) is 4.58. The molecular weight excluding hydrogens is 266 g/mol. The SMILES string of the molecule is CCc1c(C)cc(C(=O)OC)c(=O)n1Cc1ccccc1. The zero-order valence-electron chi connectivity index (χ0n) is 12.6. The van der Waals surface area contributed by atoms with Gasteiger partial charge in [0.25, 0.3) is 5.56 Å². The molecule has 1 aromatic carbocycles. The van der Waals surface area contributed by atoms with Crippen LogP contribution in [0.3, 0.4) is 0 Å². The van der Waals surface area contributed by atoms with Gasteiger partial charge in [0.1, 0.15) is 5.56 Å². The highest BCUT2D eigenvalue weighted by Crippen LogP contribution is 2.12. The molecule has 4 nitrogen and oxygen atoms in total. The Hall–Kier alpha value is -2.36. The maximum absolute atomic E-state index is 12.6. The summed E-state index contributed by atoms with van der Waals surface area (Å²) in [5.74, 6) is -0.590. The van der Waals surface area contributed by atoms with Crippen LogP contribution in [0, 0.1) is 6.92 Å². The van der Waals surface area contributed by atoms with Crippen molar-refractivity contribution in [2.24, 2.45) is 0 Å². The van der Waals surface area contributed by atoms with E-state index in [2.05, 4.69) is 0 Å². The van der Waals surface area contributed by atoms with E-state index in [0.717, 1.165) is 23.2 Å². The molecule has 0 N–H and O–H groups in total. The van der Waals surface area contributed by atoms with Crippen molar-refractivity contribution >= 4 is 5.97 Å². The van der Waals surface area contributed by atoms with Gasteiger partial charge in [0.05, 0.1) is 13.7 Å². The van der Waals surface area contributed by atoms with E-state index in [1.807, 2.05) is 44.2 Å². The third kappa shape index (κ3) is 3.05. The highest BCUT2D eigenvalue weighted by atomic mass is 16.5. The molecule has 2 rings (SSSR count). The van der Waals surface area contributed by atoms with E-state index in [1.54, 1.807) is 10.6 Å². The molecule has 2 aromatic rings. The third-order valence-electron chi connectivity index (χ3n) is 3.54. The summed E-state index contributed by atoms with van der Waals surface area (Å²) >= 11 is 0. The van der Waals surface area contributed by atoms with E-state index in [0.29, 0.717) is 6.54 Å². The molecule has 110 valence electrons. The zero-order valence-corrected chi connectivity index (χ0v) is 12.6. The lowest BCUT2D eigenvalue weighted by Crippen LogP contribution is -2.30. The van der Waals surface area contributed by atoms with Gasteiger partial charge in [-0.25, -0.2) is 4.79 Å². The van der Waals surface area contributed by atoms with Crippen LogP contribution in [-0.4, -0.2) is 17.6 Å². The molecule has 0 spiro atoms. The molecule has 0 aliphatic carbocycles. The van der Waals surface area contributed by atoms with Crippen molar-refractivity contribution < 1.29 is 9.53 Å². The van der Waals surface area contributed by atoms with Crippen molar-refractivity contribution in [1.29, 1.82) is 0 Å². The Morgan fingerprint density at radius 3 is 2.48 bits per heavy atom. The van der Waals surface area contributed by atoms with Gasteiger partial charge in [-0.15, -0.1) is 0 Å². The second-order valence-electron chi connectivity index (χ2n) is 4.91. The number of methoxy groups -OCH3 is 1. The predicted octanol–water partition coefficient (Wildman–Crippen LogP) is 2.55. The van der Waals surface area contributed by atoms with Crippen LogP contribution in [0.25, 0.3) is 0 Å². The first-order chi connectivity index (χ1) is 10.1. The smallest absolute Gasteiger partial charge is 0.343 e. The fraction of sp³-hybridized carbons (Fsp3) is 0.294. The van der Waals surface area contributed by atoms with E-state index in [1.165, 1.54) is 7.11 Å². The van der Waals surface area contributed by atoms with Gasteiger partial charge in [-0.3, -0.25) is 4.79 Å². The van der Waals surface area contributed by atoms with E-state index in [9.17, 15) is 9.59 Å². The Labute approximate surface area is 124 Å². The molecule has 21 heavy (non-hydrogen) atoms. The second kappa shape index (κ2) is 6.39. The maximum atomic E-state index is 12.6. The largest absolute Gasteiger partial charge is 0.465 e. The fourth-order valence-electron chi connectivity index (χ4n) is 2.50. The van der Waals surface area contributed by atoms with Gasteiger partial charge >= 0.3 is 5.97 Å². The lowest BCUT2D eigenvalue weighted by atomic mass is 10.1. The third-order valence-corrected chi connectivity index (χ3v) is 3.54. The van der Waals surface area contributed by atoms with Crippen LogP contribution in [0.15, 0.2) is 41.2 Å². The topological polar surface area (TPSA) is 48.3 Å². The van der Waals surface area contributed by atoms with Gasteiger partial charge < -0.3 is 9.30 Å². The van der Waals surface area contributed by atoms with Crippen molar-refractivity contribution in [3.63, 3.8) is 0 Å². The Morgan fingerprint density at radius 1 is 1.24 bits per heavy atom. The minimum Gasteiger partial charge on any atom is -0.465 e. The van der Waals surface area contributed by atoms with Crippen molar-refractivity contribution in [3.8, 4) is 0 Å². The van der Waals surface area contributed by atoms with Crippen LogP contribution < -0.4 is 5.56 Å². The molecule has 0 saturated heterocycles. The molecule has 1 heterocycles. The van der Waals surface area contributed by atoms with E-state index in [4.69, 9.17) is 4.74 Å². The molecule has 1 aromatic heterocycles. The highest BCUT2D eigenvalue weighted by Gasteiger charge is 2.17. The minimum absolute atomic E-state index is 0.0862. The number of carbonyl (C=O) groups excluding carboxylic acids is 1.